The lowest BCUT2D eigenvalue weighted by Crippen LogP contribution is -2.25. The molecule has 1 atom stereocenters. The van der Waals surface area contributed by atoms with Crippen molar-refractivity contribution in [3.63, 3.8) is 0 Å². The molecular weight excluding hydrogens is 240 g/mol. The minimum atomic E-state index is -0.398. The molecule has 0 saturated carbocycles. The molecule has 0 spiro atoms. The van der Waals surface area contributed by atoms with E-state index in [1.807, 2.05) is 0 Å². The molecule has 17 heavy (non-hydrogen) atoms. The molecule has 1 unspecified atom stereocenters. The highest BCUT2D eigenvalue weighted by Gasteiger charge is 2.10. The maximum atomic E-state index is 11.2. The van der Waals surface area contributed by atoms with Crippen molar-refractivity contribution in [2.45, 2.75) is 26.2 Å². The third-order valence-corrected chi connectivity index (χ3v) is 3.20. The van der Waals surface area contributed by atoms with Gasteiger partial charge in [0.1, 0.15) is 5.02 Å². The lowest BCUT2D eigenvalue weighted by Gasteiger charge is -2.20. The summed E-state index contributed by atoms with van der Waals surface area (Å²) in [5, 5.41) is 6.05. The zero-order valence-corrected chi connectivity index (χ0v) is 10.3. The first-order valence-electron chi connectivity index (χ1n) is 5.61. The summed E-state index contributed by atoms with van der Waals surface area (Å²) in [6.45, 7) is 2.23. The first kappa shape index (κ1) is 12.0. The number of H-pyrrole nitrogens is 1. The normalized spacial score (nSPS) is 19.6. The minimum Gasteiger partial charge on any atom is -0.305 e. The fraction of sp³-hybridized carbons (Fsp3) is 0.455. The van der Waals surface area contributed by atoms with Gasteiger partial charge >= 0.3 is 0 Å². The van der Waals surface area contributed by atoms with Gasteiger partial charge in [-0.05, 0) is 25.2 Å². The second-order valence-electron chi connectivity index (χ2n) is 4.29. The van der Waals surface area contributed by atoms with Gasteiger partial charge in [-0.2, -0.15) is 5.10 Å². The number of allylic oxidation sites excluding steroid dienone is 2. The molecule has 1 aromatic rings. The van der Waals surface area contributed by atoms with Gasteiger partial charge in [-0.3, -0.25) is 10.2 Å². The van der Waals surface area contributed by atoms with Crippen LogP contribution in [-0.2, 0) is 0 Å². The van der Waals surface area contributed by atoms with Crippen molar-refractivity contribution in [1.82, 2.24) is 15.6 Å². The van der Waals surface area contributed by atoms with Crippen molar-refractivity contribution in [1.29, 1.82) is 0 Å². The third-order valence-electron chi connectivity index (χ3n) is 2.83. The van der Waals surface area contributed by atoms with Crippen LogP contribution in [0.15, 0.2) is 22.8 Å². The van der Waals surface area contributed by atoms with Gasteiger partial charge in [0.05, 0.1) is 11.9 Å². The number of aromatic amines is 1. The Balaban J connectivity index is 1.98. The quantitative estimate of drug-likeness (QED) is 0.722. The number of hydrazine groups is 1. The summed E-state index contributed by atoms with van der Waals surface area (Å²) in [4.78, 5) is 11.2. The van der Waals surface area contributed by atoms with Crippen LogP contribution in [0.2, 0.25) is 5.02 Å². The molecule has 0 bridgehead atoms. The maximum absolute atomic E-state index is 11.2. The summed E-state index contributed by atoms with van der Waals surface area (Å²) in [6.07, 6.45) is 6.88. The maximum Gasteiger partial charge on any atom is 0.285 e. The molecule has 1 aromatic heterocycles. The third kappa shape index (κ3) is 3.00. The van der Waals surface area contributed by atoms with Crippen LogP contribution in [0.25, 0.3) is 0 Å². The van der Waals surface area contributed by atoms with Gasteiger partial charge in [0.25, 0.3) is 5.56 Å². The average Bonchev–Trinajstić information content (AvgIpc) is 2.33. The van der Waals surface area contributed by atoms with Crippen LogP contribution in [-0.4, -0.2) is 10.2 Å². The SMILES string of the molecule is CC1CC=C(NNc2cn[nH]c(=O)c2Cl)CC1. The summed E-state index contributed by atoms with van der Waals surface area (Å²) in [5.41, 5.74) is 7.17. The topological polar surface area (TPSA) is 69.8 Å². The smallest absolute Gasteiger partial charge is 0.285 e. The monoisotopic (exact) mass is 254 g/mol. The molecule has 3 N–H and O–H groups in total. The van der Waals surface area contributed by atoms with Gasteiger partial charge in [0.2, 0.25) is 0 Å². The molecule has 1 aliphatic carbocycles. The number of aromatic nitrogens is 2. The van der Waals surface area contributed by atoms with Gasteiger partial charge in [-0.25, -0.2) is 5.10 Å². The number of nitrogens with zero attached hydrogens (tertiary/aromatic N) is 1. The first-order valence-corrected chi connectivity index (χ1v) is 5.99. The van der Waals surface area contributed by atoms with E-state index in [1.54, 1.807) is 0 Å². The Labute approximate surface area is 104 Å². The highest BCUT2D eigenvalue weighted by molar-refractivity contribution is 6.32. The van der Waals surface area contributed by atoms with Crippen molar-refractivity contribution >= 4 is 17.3 Å². The Morgan fingerprint density at radius 2 is 2.35 bits per heavy atom. The molecule has 6 heteroatoms. The Morgan fingerprint density at radius 3 is 3.06 bits per heavy atom. The summed E-state index contributed by atoms with van der Waals surface area (Å²) in [6, 6.07) is 0. The first-order chi connectivity index (χ1) is 8.16. The Bertz CT molecular complexity index is 483. The van der Waals surface area contributed by atoms with E-state index in [0.717, 1.165) is 24.5 Å². The lowest BCUT2D eigenvalue weighted by molar-refractivity contribution is 0.502. The van der Waals surface area contributed by atoms with Crippen molar-refractivity contribution in [3.05, 3.63) is 33.3 Å². The van der Waals surface area contributed by atoms with Crippen molar-refractivity contribution in [2.75, 3.05) is 5.43 Å². The largest absolute Gasteiger partial charge is 0.305 e. The molecule has 1 heterocycles. The van der Waals surface area contributed by atoms with E-state index in [0.29, 0.717) is 5.69 Å². The molecule has 0 radical (unpaired) electrons. The zero-order chi connectivity index (χ0) is 12.3. The van der Waals surface area contributed by atoms with E-state index >= 15 is 0 Å². The standard InChI is InChI=1S/C11H15ClN4O/c1-7-2-4-8(5-3-7)14-15-9-6-13-16-11(17)10(9)12/h4,6-7,14H,2-3,5H2,1H3,(H2,15,16,17). The van der Waals surface area contributed by atoms with Crippen molar-refractivity contribution in [2.24, 2.45) is 5.92 Å². The van der Waals surface area contributed by atoms with E-state index in [9.17, 15) is 4.79 Å². The van der Waals surface area contributed by atoms with Crippen LogP contribution < -0.4 is 16.4 Å². The molecule has 0 aliphatic heterocycles. The van der Waals surface area contributed by atoms with Crippen LogP contribution in [0.1, 0.15) is 26.2 Å². The molecule has 5 nitrogen and oxygen atoms in total. The second-order valence-corrected chi connectivity index (χ2v) is 4.66. The van der Waals surface area contributed by atoms with Crippen molar-refractivity contribution < 1.29 is 0 Å². The van der Waals surface area contributed by atoms with Gasteiger partial charge in [-0.1, -0.05) is 24.6 Å². The van der Waals surface area contributed by atoms with Crippen LogP contribution in [0.5, 0.6) is 0 Å². The fourth-order valence-corrected chi connectivity index (χ4v) is 1.84. The van der Waals surface area contributed by atoms with Gasteiger partial charge in [0.15, 0.2) is 0 Å². The number of hydrogen-bond acceptors (Lipinski definition) is 4. The van der Waals surface area contributed by atoms with E-state index in [-0.39, 0.29) is 5.02 Å². The summed E-state index contributed by atoms with van der Waals surface area (Å²) >= 11 is 5.83. The number of nitrogens with one attached hydrogen (secondary N) is 3. The predicted octanol–water partition coefficient (Wildman–Crippen LogP) is 2.04. The zero-order valence-electron chi connectivity index (χ0n) is 9.59. The molecule has 92 valence electrons. The highest BCUT2D eigenvalue weighted by Crippen LogP contribution is 2.21. The average molecular weight is 255 g/mol. The minimum absolute atomic E-state index is 0.109. The number of anilines is 1. The van der Waals surface area contributed by atoms with E-state index < -0.39 is 5.56 Å². The molecule has 1 aliphatic rings. The Kier molecular flexibility index (Phi) is 3.68. The van der Waals surface area contributed by atoms with Gasteiger partial charge in [0, 0.05) is 5.70 Å². The van der Waals surface area contributed by atoms with E-state index in [4.69, 9.17) is 11.6 Å². The number of halogens is 1. The lowest BCUT2D eigenvalue weighted by atomic mass is 9.95. The summed E-state index contributed by atoms with van der Waals surface area (Å²) in [7, 11) is 0. The second kappa shape index (κ2) is 5.23. The molecule has 0 fully saturated rings. The predicted molar refractivity (Wildman–Crippen MR) is 67.7 cm³/mol. The van der Waals surface area contributed by atoms with Crippen LogP contribution in [0.4, 0.5) is 5.69 Å². The molecule has 2 rings (SSSR count). The van der Waals surface area contributed by atoms with Crippen LogP contribution in [0.3, 0.4) is 0 Å². The molecule has 0 saturated heterocycles. The van der Waals surface area contributed by atoms with Crippen LogP contribution >= 0.6 is 11.6 Å². The fourth-order valence-electron chi connectivity index (χ4n) is 1.70. The summed E-state index contributed by atoms with van der Waals surface area (Å²) < 4.78 is 0. The van der Waals surface area contributed by atoms with Gasteiger partial charge < -0.3 is 5.43 Å². The van der Waals surface area contributed by atoms with E-state index in [2.05, 4.69) is 34.0 Å². The molecule has 0 aromatic carbocycles. The Hall–Kier alpha value is -1.49. The van der Waals surface area contributed by atoms with Crippen molar-refractivity contribution in [3.8, 4) is 0 Å². The molecule has 0 amide bonds. The summed E-state index contributed by atoms with van der Waals surface area (Å²) in [5.74, 6) is 0.741. The number of hydrogen-bond donors (Lipinski definition) is 3. The van der Waals surface area contributed by atoms with E-state index in [1.165, 1.54) is 12.6 Å². The molecular formula is C11H15ClN4O. The number of rotatable bonds is 3. The van der Waals surface area contributed by atoms with Crippen LogP contribution in [0, 0.1) is 5.92 Å². The highest BCUT2D eigenvalue weighted by atomic mass is 35.5. The Morgan fingerprint density at radius 1 is 1.53 bits per heavy atom. The van der Waals surface area contributed by atoms with Gasteiger partial charge in [-0.15, -0.1) is 0 Å².